The number of piperidine rings is 1. The van der Waals surface area contributed by atoms with Crippen LogP contribution in [0.5, 0.6) is 5.75 Å². The first-order valence-electron chi connectivity index (χ1n) is 9.26. The molecule has 1 aliphatic rings. The SMILES string of the molecule is CC(C)Oc1ccc(S(=O)(=O)N2CCC(Cc3ccccc3)CC2)cc1. The van der Waals surface area contributed by atoms with Crippen LogP contribution in [-0.4, -0.2) is 31.9 Å². The van der Waals surface area contributed by atoms with Crippen LogP contribution in [-0.2, 0) is 16.4 Å². The third-order valence-corrected chi connectivity index (χ3v) is 6.69. The average molecular weight is 374 g/mol. The van der Waals surface area contributed by atoms with E-state index in [2.05, 4.69) is 24.3 Å². The fourth-order valence-electron chi connectivity index (χ4n) is 3.41. The monoisotopic (exact) mass is 373 g/mol. The quantitative estimate of drug-likeness (QED) is 0.765. The topological polar surface area (TPSA) is 46.6 Å². The van der Waals surface area contributed by atoms with Crippen LogP contribution in [0.4, 0.5) is 0 Å². The Bertz CT molecular complexity index is 793. The van der Waals surface area contributed by atoms with Gasteiger partial charge in [-0.25, -0.2) is 8.42 Å². The smallest absolute Gasteiger partial charge is 0.243 e. The highest BCUT2D eigenvalue weighted by Crippen LogP contribution is 2.27. The first kappa shape index (κ1) is 18.9. The van der Waals surface area contributed by atoms with Gasteiger partial charge in [0.2, 0.25) is 10.0 Å². The summed E-state index contributed by atoms with van der Waals surface area (Å²) in [6, 6.07) is 17.2. The maximum absolute atomic E-state index is 12.9. The van der Waals surface area contributed by atoms with Gasteiger partial charge in [0, 0.05) is 13.1 Å². The molecule has 0 aliphatic carbocycles. The molecule has 4 nitrogen and oxygen atoms in total. The lowest BCUT2D eigenvalue weighted by Gasteiger charge is -2.31. The molecule has 0 radical (unpaired) electrons. The van der Waals surface area contributed by atoms with Gasteiger partial charge in [-0.1, -0.05) is 30.3 Å². The van der Waals surface area contributed by atoms with Crippen molar-refractivity contribution in [1.82, 2.24) is 4.31 Å². The minimum atomic E-state index is -3.43. The van der Waals surface area contributed by atoms with Gasteiger partial charge in [-0.05, 0) is 68.9 Å². The van der Waals surface area contributed by atoms with E-state index in [0.29, 0.717) is 29.7 Å². The molecule has 1 aliphatic heterocycles. The summed E-state index contributed by atoms with van der Waals surface area (Å²) in [4.78, 5) is 0.343. The summed E-state index contributed by atoms with van der Waals surface area (Å²) in [5.74, 6) is 1.24. The molecule has 3 rings (SSSR count). The third-order valence-electron chi connectivity index (χ3n) is 4.77. The number of hydrogen-bond acceptors (Lipinski definition) is 3. The summed E-state index contributed by atoms with van der Waals surface area (Å²) >= 11 is 0. The van der Waals surface area contributed by atoms with Gasteiger partial charge in [-0.15, -0.1) is 0 Å². The van der Waals surface area contributed by atoms with E-state index in [1.54, 1.807) is 28.6 Å². The average Bonchev–Trinajstić information content (AvgIpc) is 2.63. The zero-order chi connectivity index (χ0) is 18.6. The zero-order valence-corrected chi connectivity index (χ0v) is 16.3. The van der Waals surface area contributed by atoms with Gasteiger partial charge in [0.15, 0.2) is 0 Å². The lowest BCUT2D eigenvalue weighted by molar-refractivity contribution is 0.242. The molecule has 0 unspecified atom stereocenters. The second-order valence-corrected chi connectivity index (χ2v) is 9.11. The summed E-state index contributed by atoms with van der Waals surface area (Å²) in [6.07, 6.45) is 2.91. The highest BCUT2D eigenvalue weighted by Gasteiger charge is 2.29. The highest BCUT2D eigenvalue weighted by molar-refractivity contribution is 7.89. The molecule has 2 aromatic rings. The van der Waals surface area contributed by atoms with Crippen molar-refractivity contribution in [3.05, 3.63) is 60.2 Å². The molecule has 0 amide bonds. The Kier molecular flexibility index (Phi) is 5.99. The Labute approximate surface area is 156 Å². The Hall–Kier alpha value is -1.85. The molecular weight excluding hydrogens is 346 g/mol. The number of sulfonamides is 1. The largest absolute Gasteiger partial charge is 0.491 e. The number of hydrogen-bond donors (Lipinski definition) is 0. The Balaban J connectivity index is 1.60. The number of nitrogens with zero attached hydrogens (tertiary/aromatic N) is 1. The van der Waals surface area contributed by atoms with Crippen LogP contribution in [0.1, 0.15) is 32.3 Å². The standard InChI is InChI=1S/C21H27NO3S/c1-17(2)25-20-8-10-21(11-9-20)26(23,24)22-14-12-19(13-15-22)16-18-6-4-3-5-7-18/h3-11,17,19H,12-16H2,1-2H3. The molecule has 0 bridgehead atoms. The molecule has 1 saturated heterocycles. The van der Waals surface area contributed by atoms with Crippen LogP contribution < -0.4 is 4.74 Å². The fourth-order valence-corrected chi connectivity index (χ4v) is 4.88. The van der Waals surface area contributed by atoms with Crippen LogP contribution in [0, 0.1) is 5.92 Å². The molecule has 1 fully saturated rings. The van der Waals surface area contributed by atoms with Crippen molar-refractivity contribution in [3.63, 3.8) is 0 Å². The lowest BCUT2D eigenvalue weighted by Crippen LogP contribution is -2.38. The third kappa shape index (κ3) is 4.65. The van der Waals surface area contributed by atoms with Gasteiger partial charge in [0.05, 0.1) is 11.0 Å². The fraction of sp³-hybridized carbons (Fsp3) is 0.429. The first-order chi connectivity index (χ1) is 12.4. The molecule has 26 heavy (non-hydrogen) atoms. The highest BCUT2D eigenvalue weighted by atomic mass is 32.2. The van der Waals surface area contributed by atoms with Crippen LogP contribution >= 0.6 is 0 Å². The number of rotatable bonds is 6. The predicted octanol–water partition coefficient (Wildman–Crippen LogP) is 4.12. The van der Waals surface area contributed by atoms with Crippen molar-refractivity contribution >= 4 is 10.0 Å². The van der Waals surface area contributed by atoms with E-state index in [4.69, 9.17) is 4.74 Å². The normalized spacial score (nSPS) is 16.7. The van der Waals surface area contributed by atoms with Crippen LogP contribution in [0.15, 0.2) is 59.5 Å². The molecule has 2 aromatic carbocycles. The maximum Gasteiger partial charge on any atom is 0.243 e. The second-order valence-electron chi connectivity index (χ2n) is 7.18. The summed E-state index contributed by atoms with van der Waals surface area (Å²) in [5, 5.41) is 0. The second kappa shape index (κ2) is 8.23. The van der Waals surface area contributed by atoms with Crippen molar-refractivity contribution in [3.8, 4) is 5.75 Å². The number of ether oxygens (including phenoxy) is 1. The molecule has 5 heteroatoms. The van der Waals surface area contributed by atoms with Crippen LogP contribution in [0.25, 0.3) is 0 Å². The van der Waals surface area contributed by atoms with E-state index < -0.39 is 10.0 Å². The minimum absolute atomic E-state index is 0.0705. The van der Waals surface area contributed by atoms with Gasteiger partial charge < -0.3 is 4.74 Å². The Morgan fingerprint density at radius 2 is 1.62 bits per heavy atom. The van der Waals surface area contributed by atoms with Crippen molar-refractivity contribution in [2.75, 3.05) is 13.1 Å². The zero-order valence-electron chi connectivity index (χ0n) is 15.5. The molecule has 140 valence electrons. The summed E-state index contributed by atoms with van der Waals surface area (Å²) in [5.41, 5.74) is 1.33. The first-order valence-corrected chi connectivity index (χ1v) is 10.7. The van der Waals surface area contributed by atoms with Crippen LogP contribution in [0.2, 0.25) is 0 Å². The van der Waals surface area contributed by atoms with E-state index in [-0.39, 0.29) is 6.10 Å². The number of benzene rings is 2. The summed E-state index contributed by atoms with van der Waals surface area (Å²) < 4.78 is 32.9. The summed E-state index contributed by atoms with van der Waals surface area (Å²) in [7, 11) is -3.43. The maximum atomic E-state index is 12.9. The van der Waals surface area contributed by atoms with E-state index in [0.717, 1.165) is 19.3 Å². The molecule has 0 saturated carbocycles. The molecule has 0 N–H and O–H groups in total. The van der Waals surface area contributed by atoms with E-state index in [1.807, 2.05) is 19.9 Å². The van der Waals surface area contributed by atoms with Crippen molar-refractivity contribution in [2.24, 2.45) is 5.92 Å². The molecular formula is C21H27NO3S. The van der Waals surface area contributed by atoms with Crippen LogP contribution in [0.3, 0.4) is 0 Å². The van der Waals surface area contributed by atoms with Gasteiger partial charge in [0.1, 0.15) is 5.75 Å². The van der Waals surface area contributed by atoms with Gasteiger partial charge in [-0.2, -0.15) is 4.31 Å². The van der Waals surface area contributed by atoms with Crippen molar-refractivity contribution < 1.29 is 13.2 Å². The molecule has 0 spiro atoms. The van der Waals surface area contributed by atoms with E-state index >= 15 is 0 Å². The lowest BCUT2D eigenvalue weighted by atomic mass is 9.91. The van der Waals surface area contributed by atoms with Gasteiger partial charge >= 0.3 is 0 Å². The van der Waals surface area contributed by atoms with Gasteiger partial charge in [-0.3, -0.25) is 0 Å². The van der Waals surface area contributed by atoms with Crippen molar-refractivity contribution in [2.45, 2.75) is 44.1 Å². The molecule has 0 atom stereocenters. The molecule has 0 aromatic heterocycles. The Morgan fingerprint density at radius 1 is 1.00 bits per heavy atom. The van der Waals surface area contributed by atoms with Gasteiger partial charge in [0.25, 0.3) is 0 Å². The Morgan fingerprint density at radius 3 is 2.19 bits per heavy atom. The van der Waals surface area contributed by atoms with Crippen molar-refractivity contribution in [1.29, 1.82) is 0 Å². The summed E-state index contributed by atoms with van der Waals surface area (Å²) in [6.45, 7) is 5.07. The molecule has 1 heterocycles. The van der Waals surface area contributed by atoms with E-state index in [9.17, 15) is 8.42 Å². The predicted molar refractivity (Wildman–Crippen MR) is 104 cm³/mol. The minimum Gasteiger partial charge on any atom is -0.491 e. The van der Waals surface area contributed by atoms with E-state index in [1.165, 1.54) is 5.56 Å².